The van der Waals surface area contributed by atoms with Gasteiger partial charge in [0, 0.05) is 11.3 Å². The molecule has 0 saturated heterocycles. The number of aliphatic carboxylic acids is 1. The Labute approximate surface area is 86.4 Å². The fraction of sp³-hybridized carbons (Fsp3) is 0.400. The highest BCUT2D eigenvalue weighted by molar-refractivity contribution is 7.10. The molecule has 3 nitrogen and oxygen atoms in total. The molecule has 1 atom stereocenters. The smallest absolute Gasteiger partial charge is 0.304 e. The van der Waals surface area contributed by atoms with Crippen LogP contribution in [0.25, 0.3) is 0 Å². The predicted octanol–water partition coefficient (Wildman–Crippen LogP) is 2.29. The van der Waals surface area contributed by atoms with Crippen LogP contribution in [0.4, 0.5) is 0 Å². The summed E-state index contributed by atoms with van der Waals surface area (Å²) in [6, 6.07) is 3.64. The number of carboxylic acid groups (broad SMARTS) is 1. The van der Waals surface area contributed by atoms with Gasteiger partial charge in [-0.25, -0.2) is 0 Å². The lowest BCUT2D eigenvalue weighted by molar-refractivity contribution is -0.139. The molecule has 0 bridgehead atoms. The molecular weight excluding hydrogens is 200 g/mol. The Morgan fingerprint density at radius 1 is 1.57 bits per heavy atom. The molecule has 1 rings (SSSR count). The summed E-state index contributed by atoms with van der Waals surface area (Å²) in [5.74, 6) is -1.39. The monoisotopic (exact) mass is 212 g/mol. The maximum atomic E-state index is 11.5. The van der Waals surface area contributed by atoms with E-state index in [1.54, 1.807) is 6.92 Å². The molecule has 0 amide bonds. The van der Waals surface area contributed by atoms with Crippen molar-refractivity contribution in [3.63, 3.8) is 0 Å². The number of rotatable bonds is 5. The van der Waals surface area contributed by atoms with E-state index in [4.69, 9.17) is 5.11 Å². The van der Waals surface area contributed by atoms with Crippen LogP contribution in [0.1, 0.15) is 30.6 Å². The largest absolute Gasteiger partial charge is 0.481 e. The van der Waals surface area contributed by atoms with Gasteiger partial charge >= 0.3 is 5.97 Å². The standard InChI is InChI=1S/C10H12O3S/c1-2-8(11)7(6-10(12)13)9-4-3-5-14-9/h3-5,7H,2,6H2,1H3,(H,12,13). The molecule has 4 heteroatoms. The molecule has 0 aliphatic heterocycles. The summed E-state index contributed by atoms with van der Waals surface area (Å²) >= 11 is 1.43. The molecule has 0 fully saturated rings. The minimum absolute atomic E-state index is 0.00477. The van der Waals surface area contributed by atoms with Gasteiger partial charge in [-0.15, -0.1) is 11.3 Å². The number of carboxylic acids is 1. The van der Waals surface area contributed by atoms with E-state index < -0.39 is 11.9 Å². The topological polar surface area (TPSA) is 54.4 Å². The molecule has 1 unspecified atom stereocenters. The second-order valence-corrected chi connectivity index (χ2v) is 3.97. The van der Waals surface area contributed by atoms with E-state index in [9.17, 15) is 9.59 Å². The zero-order valence-electron chi connectivity index (χ0n) is 7.90. The van der Waals surface area contributed by atoms with Crippen LogP contribution in [0.3, 0.4) is 0 Å². The number of thiophene rings is 1. The van der Waals surface area contributed by atoms with Gasteiger partial charge in [-0.3, -0.25) is 9.59 Å². The SMILES string of the molecule is CCC(=O)C(CC(=O)O)c1cccs1. The van der Waals surface area contributed by atoms with Crippen molar-refractivity contribution >= 4 is 23.1 Å². The van der Waals surface area contributed by atoms with Gasteiger partial charge in [0.1, 0.15) is 5.78 Å². The van der Waals surface area contributed by atoms with Gasteiger partial charge in [0.05, 0.1) is 12.3 Å². The van der Waals surface area contributed by atoms with E-state index in [1.807, 2.05) is 17.5 Å². The van der Waals surface area contributed by atoms with Crippen LogP contribution in [-0.4, -0.2) is 16.9 Å². The fourth-order valence-corrected chi connectivity index (χ4v) is 2.13. The van der Waals surface area contributed by atoms with Gasteiger partial charge in [0.25, 0.3) is 0 Å². The van der Waals surface area contributed by atoms with Crippen LogP contribution in [0.15, 0.2) is 17.5 Å². The summed E-state index contributed by atoms with van der Waals surface area (Å²) in [4.78, 5) is 22.9. The van der Waals surface area contributed by atoms with E-state index in [0.717, 1.165) is 4.88 Å². The molecule has 1 aromatic heterocycles. The van der Waals surface area contributed by atoms with Crippen LogP contribution in [0.5, 0.6) is 0 Å². The highest BCUT2D eigenvalue weighted by atomic mass is 32.1. The summed E-state index contributed by atoms with van der Waals surface area (Å²) in [5.41, 5.74) is 0. The van der Waals surface area contributed by atoms with Crippen molar-refractivity contribution in [3.05, 3.63) is 22.4 Å². The minimum atomic E-state index is -0.926. The Morgan fingerprint density at radius 2 is 2.29 bits per heavy atom. The Bertz CT molecular complexity index is 316. The first-order valence-corrected chi connectivity index (χ1v) is 5.31. The fourth-order valence-electron chi connectivity index (χ4n) is 1.28. The normalized spacial score (nSPS) is 12.4. The summed E-state index contributed by atoms with van der Waals surface area (Å²) in [6.07, 6.45) is 0.281. The Kier molecular flexibility index (Phi) is 3.83. The molecule has 0 aromatic carbocycles. The first-order chi connectivity index (χ1) is 6.65. The Balaban J connectivity index is 2.82. The molecule has 1 aromatic rings. The van der Waals surface area contributed by atoms with E-state index in [2.05, 4.69) is 0 Å². The Morgan fingerprint density at radius 3 is 2.71 bits per heavy atom. The number of carbonyl (C=O) groups excluding carboxylic acids is 1. The van der Waals surface area contributed by atoms with E-state index >= 15 is 0 Å². The number of Topliss-reactive ketones (excluding diaryl/α,β-unsaturated/α-hetero) is 1. The van der Waals surface area contributed by atoms with Crippen LogP contribution in [0.2, 0.25) is 0 Å². The summed E-state index contributed by atoms with van der Waals surface area (Å²) in [7, 11) is 0. The van der Waals surface area contributed by atoms with E-state index in [1.165, 1.54) is 11.3 Å². The maximum Gasteiger partial charge on any atom is 0.304 e. The van der Waals surface area contributed by atoms with Gasteiger partial charge in [-0.1, -0.05) is 13.0 Å². The first-order valence-electron chi connectivity index (χ1n) is 4.43. The number of ketones is 1. The molecule has 76 valence electrons. The van der Waals surface area contributed by atoms with Crippen LogP contribution < -0.4 is 0 Å². The summed E-state index contributed by atoms with van der Waals surface area (Å²) < 4.78 is 0. The molecular formula is C10H12O3S. The van der Waals surface area contributed by atoms with Crippen molar-refractivity contribution in [1.29, 1.82) is 0 Å². The highest BCUT2D eigenvalue weighted by Crippen LogP contribution is 2.26. The molecule has 1 N–H and O–H groups in total. The molecule has 0 aliphatic rings. The molecule has 0 radical (unpaired) electrons. The maximum absolute atomic E-state index is 11.5. The lowest BCUT2D eigenvalue weighted by Gasteiger charge is -2.09. The number of carbonyl (C=O) groups is 2. The third-order valence-corrected chi connectivity index (χ3v) is 2.99. The summed E-state index contributed by atoms with van der Waals surface area (Å²) in [5, 5.41) is 10.5. The molecule has 14 heavy (non-hydrogen) atoms. The first kappa shape index (κ1) is 10.9. The molecule has 0 spiro atoms. The highest BCUT2D eigenvalue weighted by Gasteiger charge is 2.22. The van der Waals surface area contributed by atoms with E-state index in [-0.39, 0.29) is 12.2 Å². The average Bonchev–Trinajstić information content (AvgIpc) is 2.65. The van der Waals surface area contributed by atoms with Crippen molar-refractivity contribution in [3.8, 4) is 0 Å². The Hall–Kier alpha value is -1.16. The van der Waals surface area contributed by atoms with Crippen LogP contribution >= 0.6 is 11.3 Å². The third-order valence-electron chi connectivity index (χ3n) is 2.00. The second kappa shape index (κ2) is 4.91. The number of hydrogen-bond acceptors (Lipinski definition) is 3. The summed E-state index contributed by atoms with van der Waals surface area (Å²) in [6.45, 7) is 1.75. The molecule has 0 saturated carbocycles. The van der Waals surface area contributed by atoms with Gasteiger partial charge < -0.3 is 5.11 Å². The van der Waals surface area contributed by atoms with E-state index in [0.29, 0.717) is 6.42 Å². The van der Waals surface area contributed by atoms with Crippen molar-refractivity contribution in [2.24, 2.45) is 0 Å². The minimum Gasteiger partial charge on any atom is -0.481 e. The average molecular weight is 212 g/mol. The van der Waals surface area contributed by atoms with Gasteiger partial charge in [0.2, 0.25) is 0 Å². The number of hydrogen-bond donors (Lipinski definition) is 1. The van der Waals surface area contributed by atoms with Crippen molar-refractivity contribution in [1.82, 2.24) is 0 Å². The van der Waals surface area contributed by atoms with Crippen LogP contribution in [-0.2, 0) is 9.59 Å². The zero-order valence-corrected chi connectivity index (χ0v) is 8.71. The predicted molar refractivity (Wildman–Crippen MR) is 54.6 cm³/mol. The lowest BCUT2D eigenvalue weighted by atomic mass is 9.97. The zero-order chi connectivity index (χ0) is 10.6. The van der Waals surface area contributed by atoms with Crippen LogP contribution in [0, 0.1) is 0 Å². The van der Waals surface area contributed by atoms with Gasteiger partial charge in [-0.2, -0.15) is 0 Å². The molecule has 1 heterocycles. The lowest BCUT2D eigenvalue weighted by Crippen LogP contribution is -2.14. The second-order valence-electron chi connectivity index (χ2n) is 2.99. The van der Waals surface area contributed by atoms with Gasteiger partial charge in [0.15, 0.2) is 0 Å². The van der Waals surface area contributed by atoms with Crippen molar-refractivity contribution in [2.45, 2.75) is 25.7 Å². The van der Waals surface area contributed by atoms with Crippen molar-refractivity contribution in [2.75, 3.05) is 0 Å². The molecule has 0 aliphatic carbocycles. The van der Waals surface area contributed by atoms with Crippen molar-refractivity contribution < 1.29 is 14.7 Å². The third kappa shape index (κ3) is 2.67. The van der Waals surface area contributed by atoms with Gasteiger partial charge in [-0.05, 0) is 11.4 Å². The quantitative estimate of drug-likeness (QED) is 0.814.